The van der Waals surface area contributed by atoms with Crippen LogP contribution in [0.1, 0.15) is 6.92 Å². The van der Waals surface area contributed by atoms with Gasteiger partial charge in [-0.1, -0.05) is 0 Å². The van der Waals surface area contributed by atoms with Crippen LogP contribution < -0.4 is 4.74 Å². The van der Waals surface area contributed by atoms with Gasteiger partial charge in [0.25, 0.3) is 0 Å². The van der Waals surface area contributed by atoms with Crippen LogP contribution in [-0.4, -0.2) is 22.3 Å². The topological polar surface area (TPSA) is 66.8 Å². The Hall–Kier alpha value is -1.78. The first-order valence-corrected chi connectivity index (χ1v) is 3.88. The Kier molecular flexibility index (Phi) is 2.91. The van der Waals surface area contributed by atoms with E-state index in [4.69, 9.17) is 14.9 Å². The van der Waals surface area contributed by atoms with Crippen molar-refractivity contribution in [1.82, 2.24) is 0 Å². The van der Waals surface area contributed by atoms with Gasteiger partial charge in [-0.2, -0.15) is 0 Å². The Balaban J connectivity index is 2.82. The zero-order chi connectivity index (χ0) is 10.7. The first-order chi connectivity index (χ1) is 6.50. The zero-order valence-electron chi connectivity index (χ0n) is 7.40. The average molecular weight is 200 g/mol. The summed E-state index contributed by atoms with van der Waals surface area (Å²) in [5.41, 5.74) is 0. The Morgan fingerprint density at radius 1 is 1.57 bits per heavy atom. The summed E-state index contributed by atoms with van der Waals surface area (Å²) in [6, 6.07) is 3.24. The predicted molar refractivity (Wildman–Crippen MR) is 45.8 cm³/mol. The minimum Gasteiger partial charge on any atom is -0.508 e. The highest BCUT2D eigenvalue weighted by atomic mass is 19.1. The van der Waals surface area contributed by atoms with E-state index in [1.807, 2.05) is 0 Å². The molecule has 0 aliphatic rings. The monoisotopic (exact) mass is 200 g/mol. The van der Waals surface area contributed by atoms with Crippen molar-refractivity contribution >= 4 is 5.97 Å². The fraction of sp³-hybridized carbons (Fsp3) is 0.222. The van der Waals surface area contributed by atoms with Crippen molar-refractivity contribution in [2.24, 2.45) is 0 Å². The van der Waals surface area contributed by atoms with E-state index in [1.54, 1.807) is 0 Å². The molecule has 1 aromatic carbocycles. The minimum absolute atomic E-state index is 0.197. The summed E-state index contributed by atoms with van der Waals surface area (Å²) in [4.78, 5) is 10.4. The molecule has 0 bridgehead atoms. The van der Waals surface area contributed by atoms with Crippen LogP contribution in [0.25, 0.3) is 0 Å². The van der Waals surface area contributed by atoms with Crippen molar-refractivity contribution < 1.29 is 24.1 Å². The van der Waals surface area contributed by atoms with E-state index in [-0.39, 0.29) is 11.5 Å². The second-order valence-electron chi connectivity index (χ2n) is 2.71. The van der Waals surface area contributed by atoms with Gasteiger partial charge in [0.2, 0.25) is 0 Å². The molecule has 0 radical (unpaired) electrons. The zero-order valence-corrected chi connectivity index (χ0v) is 7.40. The minimum atomic E-state index is -1.18. The van der Waals surface area contributed by atoms with Gasteiger partial charge in [-0.3, -0.25) is 0 Å². The van der Waals surface area contributed by atoms with Crippen molar-refractivity contribution in [2.45, 2.75) is 13.0 Å². The number of aromatic hydroxyl groups is 1. The van der Waals surface area contributed by atoms with Gasteiger partial charge in [0.1, 0.15) is 5.75 Å². The lowest BCUT2D eigenvalue weighted by molar-refractivity contribution is -0.144. The van der Waals surface area contributed by atoms with Crippen LogP contribution >= 0.6 is 0 Å². The van der Waals surface area contributed by atoms with Crippen molar-refractivity contribution in [1.29, 1.82) is 0 Å². The molecule has 5 heteroatoms. The summed E-state index contributed by atoms with van der Waals surface area (Å²) in [5, 5.41) is 17.4. The van der Waals surface area contributed by atoms with Gasteiger partial charge in [-0.25, -0.2) is 9.18 Å². The standard InChI is InChI=1S/C9H9FO4/c1-5(9(12)13)14-8-3-2-6(11)4-7(8)10/h2-5,11H,1H3,(H,12,13)/t5-/m1/s1. The largest absolute Gasteiger partial charge is 0.508 e. The quantitative estimate of drug-likeness (QED) is 0.773. The smallest absolute Gasteiger partial charge is 0.344 e. The van der Waals surface area contributed by atoms with Crippen LogP contribution in [0, 0.1) is 5.82 Å². The molecule has 0 fully saturated rings. The highest BCUT2D eigenvalue weighted by Gasteiger charge is 2.14. The highest BCUT2D eigenvalue weighted by molar-refractivity contribution is 5.72. The maximum Gasteiger partial charge on any atom is 0.344 e. The normalized spacial score (nSPS) is 12.1. The molecule has 76 valence electrons. The lowest BCUT2D eigenvalue weighted by Gasteiger charge is -2.10. The summed E-state index contributed by atoms with van der Waals surface area (Å²) < 4.78 is 17.8. The molecule has 0 saturated heterocycles. The van der Waals surface area contributed by atoms with Gasteiger partial charge < -0.3 is 14.9 Å². The Morgan fingerprint density at radius 3 is 2.71 bits per heavy atom. The maximum atomic E-state index is 13.0. The number of benzene rings is 1. The molecular formula is C9H9FO4. The van der Waals surface area contributed by atoms with E-state index in [0.29, 0.717) is 0 Å². The summed E-state index contributed by atoms with van der Waals surface area (Å²) >= 11 is 0. The molecule has 0 heterocycles. The van der Waals surface area contributed by atoms with E-state index in [9.17, 15) is 9.18 Å². The molecule has 0 saturated carbocycles. The molecule has 0 unspecified atom stereocenters. The Bertz CT molecular complexity index is 351. The first kappa shape index (κ1) is 10.3. The Morgan fingerprint density at radius 2 is 2.21 bits per heavy atom. The molecule has 2 N–H and O–H groups in total. The Labute approximate surface area is 79.6 Å². The third kappa shape index (κ3) is 2.35. The van der Waals surface area contributed by atoms with Crippen LogP contribution in [0.4, 0.5) is 4.39 Å². The summed E-state index contributed by atoms with van der Waals surface area (Å²) in [7, 11) is 0. The number of rotatable bonds is 3. The lowest BCUT2D eigenvalue weighted by Crippen LogP contribution is -2.23. The van der Waals surface area contributed by atoms with Crippen molar-refractivity contribution in [3.63, 3.8) is 0 Å². The third-order valence-electron chi connectivity index (χ3n) is 1.57. The first-order valence-electron chi connectivity index (χ1n) is 3.88. The lowest BCUT2D eigenvalue weighted by atomic mass is 10.3. The summed E-state index contributed by atoms with van der Waals surface area (Å²) in [5.74, 6) is -2.41. The summed E-state index contributed by atoms with van der Waals surface area (Å²) in [6.07, 6.45) is -1.13. The molecule has 1 rings (SSSR count). The van der Waals surface area contributed by atoms with E-state index < -0.39 is 17.9 Å². The summed E-state index contributed by atoms with van der Waals surface area (Å²) in [6.45, 7) is 1.29. The fourth-order valence-corrected chi connectivity index (χ4v) is 0.826. The number of carboxylic acid groups (broad SMARTS) is 1. The molecule has 0 aliphatic carbocycles. The second kappa shape index (κ2) is 3.95. The van der Waals surface area contributed by atoms with Gasteiger partial charge in [-0.05, 0) is 19.1 Å². The predicted octanol–water partition coefficient (Wildman–Crippen LogP) is 1.38. The molecule has 0 aliphatic heterocycles. The number of halogens is 1. The van der Waals surface area contributed by atoms with Gasteiger partial charge in [0, 0.05) is 6.07 Å². The van der Waals surface area contributed by atoms with Crippen LogP contribution in [0.5, 0.6) is 11.5 Å². The highest BCUT2D eigenvalue weighted by Crippen LogP contribution is 2.22. The number of carboxylic acids is 1. The van der Waals surface area contributed by atoms with Crippen molar-refractivity contribution in [3.05, 3.63) is 24.0 Å². The van der Waals surface area contributed by atoms with E-state index in [2.05, 4.69) is 0 Å². The SMILES string of the molecule is C[C@@H](Oc1ccc(O)cc1F)C(=O)O. The van der Waals surface area contributed by atoms with Gasteiger partial charge in [-0.15, -0.1) is 0 Å². The van der Waals surface area contributed by atoms with E-state index in [0.717, 1.165) is 6.07 Å². The van der Waals surface area contributed by atoms with E-state index >= 15 is 0 Å². The van der Waals surface area contributed by atoms with Gasteiger partial charge in [0.15, 0.2) is 17.7 Å². The number of phenolic OH excluding ortho intramolecular Hbond substituents is 1. The molecular weight excluding hydrogens is 191 g/mol. The van der Waals surface area contributed by atoms with Crippen LogP contribution in [0.15, 0.2) is 18.2 Å². The number of aliphatic carboxylic acids is 1. The second-order valence-corrected chi connectivity index (χ2v) is 2.71. The van der Waals surface area contributed by atoms with Crippen LogP contribution in [-0.2, 0) is 4.79 Å². The third-order valence-corrected chi connectivity index (χ3v) is 1.57. The number of carbonyl (C=O) groups is 1. The number of ether oxygens (including phenoxy) is 1. The molecule has 14 heavy (non-hydrogen) atoms. The number of hydrogen-bond acceptors (Lipinski definition) is 3. The number of hydrogen-bond donors (Lipinski definition) is 2. The molecule has 1 aromatic rings. The maximum absolute atomic E-state index is 13.0. The van der Waals surface area contributed by atoms with Crippen LogP contribution in [0.3, 0.4) is 0 Å². The molecule has 4 nitrogen and oxygen atoms in total. The average Bonchev–Trinajstić information content (AvgIpc) is 2.09. The number of phenols is 1. The van der Waals surface area contributed by atoms with Crippen LogP contribution in [0.2, 0.25) is 0 Å². The van der Waals surface area contributed by atoms with E-state index in [1.165, 1.54) is 19.1 Å². The van der Waals surface area contributed by atoms with Gasteiger partial charge in [0.05, 0.1) is 0 Å². The molecule has 0 amide bonds. The molecule has 1 atom stereocenters. The fourth-order valence-electron chi connectivity index (χ4n) is 0.826. The van der Waals surface area contributed by atoms with Crippen molar-refractivity contribution in [2.75, 3.05) is 0 Å². The van der Waals surface area contributed by atoms with Crippen molar-refractivity contribution in [3.8, 4) is 11.5 Å². The van der Waals surface area contributed by atoms with Gasteiger partial charge >= 0.3 is 5.97 Å². The molecule has 0 aromatic heterocycles. The molecule has 0 spiro atoms.